The molecule has 2 amide bonds. The number of carbonyl (C=O) groups is 2. The summed E-state index contributed by atoms with van der Waals surface area (Å²) in [5, 5.41) is 6.25. The first-order valence-electron chi connectivity index (χ1n) is 7.56. The molecule has 0 fully saturated rings. The van der Waals surface area contributed by atoms with Crippen LogP contribution < -0.4 is 10.6 Å². The number of para-hydroxylation sites is 1. The Hall–Kier alpha value is -2.50. The number of H-pyrrole nitrogens is 1. The van der Waals surface area contributed by atoms with E-state index in [9.17, 15) is 9.59 Å². The van der Waals surface area contributed by atoms with Gasteiger partial charge in [0, 0.05) is 30.6 Å². The maximum atomic E-state index is 12.1. The van der Waals surface area contributed by atoms with Gasteiger partial charge >= 0.3 is 6.09 Å². The zero-order valence-corrected chi connectivity index (χ0v) is 13.9. The molecule has 124 valence electrons. The molecule has 23 heavy (non-hydrogen) atoms. The Morgan fingerprint density at radius 3 is 2.61 bits per heavy atom. The summed E-state index contributed by atoms with van der Waals surface area (Å²) in [6.07, 6.45) is 1.63. The van der Waals surface area contributed by atoms with Gasteiger partial charge in [-0.2, -0.15) is 0 Å². The van der Waals surface area contributed by atoms with E-state index in [0.29, 0.717) is 6.42 Å². The average molecular weight is 317 g/mol. The molecule has 1 unspecified atom stereocenters. The molecule has 0 radical (unpaired) electrons. The van der Waals surface area contributed by atoms with Crippen LogP contribution in [0.15, 0.2) is 30.5 Å². The van der Waals surface area contributed by atoms with Gasteiger partial charge in [0.15, 0.2) is 0 Å². The third-order valence-electron chi connectivity index (χ3n) is 3.35. The van der Waals surface area contributed by atoms with Gasteiger partial charge in [0.1, 0.15) is 11.6 Å². The first kappa shape index (κ1) is 16.9. The molecule has 2 aromatic rings. The number of alkyl carbamates (subject to hydrolysis) is 1. The van der Waals surface area contributed by atoms with E-state index < -0.39 is 17.7 Å². The highest BCUT2D eigenvalue weighted by Crippen LogP contribution is 2.19. The van der Waals surface area contributed by atoms with E-state index >= 15 is 0 Å². The summed E-state index contributed by atoms with van der Waals surface area (Å²) in [5.74, 6) is -0.263. The molecule has 6 nitrogen and oxygen atoms in total. The van der Waals surface area contributed by atoms with Crippen molar-refractivity contribution >= 4 is 22.9 Å². The summed E-state index contributed by atoms with van der Waals surface area (Å²) in [6, 6.07) is 7.13. The first-order valence-corrected chi connectivity index (χ1v) is 7.56. The van der Waals surface area contributed by atoms with Crippen LogP contribution in [0.25, 0.3) is 10.9 Å². The van der Waals surface area contributed by atoms with E-state index in [2.05, 4.69) is 15.6 Å². The molecule has 0 spiro atoms. The van der Waals surface area contributed by atoms with Gasteiger partial charge in [-0.05, 0) is 32.4 Å². The molecule has 1 heterocycles. The molecular weight excluding hydrogens is 294 g/mol. The molecule has 0 saturated carbocycles. The highest BCUT2D eigenvalue weighted by molar-refractivity contribution is 5.88. The predicted octanol–water partition coefficient (Wildman–Crippen LogP) is 2.35. The topological polar surface area (TPSA) is 83.2 Å². The Balaban J connectivity index is 2.16. The van der Waals surface area contributed by atoms with E-state index in [1.54, 1.807) is 27.8 Å². The molecule has 2 rings (SSSR count). The zero-order valence-electron chi connectivity index (χ0n) is 13.9. The second-order valence-corrected chi connectivity index (χ2v) is 6.38. The number of aromatic amines is 1. The van der Waals surface area contributed by atoms with E-state index in [4.69, 9.17) is 4.74 Å². The summed E-state index contributed by atoms with van der Waals surface area (Å²) < 4.78 is 5.23. The molecule has 0 saturated heterocycles. The SMILES string of the molecule is CNC(=O)C(Cc1c[nH]c2ccccc12)NC(=O)OC(C)(C)C. The molecule has 3 N–H and O–H groups in total. The van der Waals surface area contributed by atoms with Crippen LogP contribution >= 0.6 is 0 Å². The second-order valence-electron chi connectivity index (χ2n) is 6.38. The summed E-state index contributed by atoms with van der Waals surface area (Å²) in [6.45, 7) is 5.34. The van der Waals surface area contributed by atoms with Crippen LogP contribution in [-0.4, -0.2) is 35.7 Å². The summed E-state index contributed by atoms with van der Waals surface area (Å²) in [5.41, 5.74) is 1.35. The van der Waals surface area contributed by atoms with Gasteiger partial charge in [0.05, 0.1) is 0 Å². The molecule has 6 heteroatoms. The van der Waals surface area contributed by atoms with Gasteiger partial charge < -0.3 is 20.4 Å². The lowest BCUT2D eigenvalue weighted by Gasteiger charge is -2.23. The minimum Gasteiger partial charge on any atom is -0.444 e. The van der Waals surface area contributed by atoms with Crippen LogP contribution in [0.2, 0.25) is 0 Å². The molecule has 0 bridgehead atoms. The third kappa shape index (κ3) is 4.48. The Labute approximate surface area is 135 Å². The normalized spacial score (nSPS) is 12.7. The number of aromatic nitrogens is 1. The number of carbonyl (C=O) groups excluding carboxylic acids is 2. The summed E-state index contributed by atoms with van der Waals surface area (Å²) in [7, 11) is 1.54. The number of amides is 2. The number of nitrogens with one attached hydrogen (secondary N) is 3. The lowest BCUT2D eigenvalue weighted by Crippen LogP contribution is -2.48. The van der Waals surface area contributed by atoms with Crippen LogP contribution in [-0.2, 0) is 16.0 Å². The Morgan fingerprint density at radius 1 is 1.26 bits per heavy atom. The van der Waals surface area contributed by atoms with Crippen LogP contribution in [0.4, 0.5) is 4.79 Å². The fourth-order valence-electron chi connectivity index (χ4n) is 2.35. The second kappa shape index (κ2) is 6.73. The molecule has 0 aliphatic heterocycles. The summed E-state index contributed by atoms with van der Waals surface area (Å²) in [4.78, 5) is 27.2. The molecular formula is C17H23N3O3. The van der Waals surface area contributed by atoms with Crippen molar-refractivity contribution in [2.45, 2.75) is 38.8 Å². The molecule has 1 atom stereocenters. The van der Waals surface area contributed by atoms with Crippen molar-refractivity contribution < 1.29 is 14.3 Å². The lowest BCUT2D eigenvalue weighted by molar-refractivity contribution is -0.122. The van der Waals surface area contributed by atoms with Crippen LogP contribution in [0.3, 0.4) is 0 Å². The first-order chi connectivity index (χ1) is 10.8. The van der Waals surface area contributed by atoms with Crippen molar-refractivity contribution in [3.63, 3.8) is 0 Å². The van der Waals surface area contributed by atoms with Gasteiger partial charge in [0.2, 0.25) is 5.91 Å². The summed E-state index contributed by atoms with van der Waals surface area (Å²) >= 11 is 0. The molecule has 0 aliphatic carbocycles. The van der Waals surface area contributed by atoms with E-state index in [0.717, 1.165) is 16.5 Å². The number of fused-ring (bicyclic) bond motifs is 1. The van der Waals surface area contributed by atoms with Gasteiger partial charge in [-0.3, -0.25) is 4.79 Å². The van der Waals surface area contributed by atoms with Gasteiger partial charge in [-0.1, -0.05) is 18.2 Å². The number of hydrogen-bond acceptors (Lipinski definition) is 3. The fourth-order valence-corrected chi connectivity index (χ4v) is 2.35. The smallest absolute Gasteiger partial charge is 0.408 e. The van der Waals surface area contributed by atoms with Crippen molar-refractivity contribution in [1.29, 1.82) is 0 Å². The van der Waals surface area contributed by atoms with Crippen molar-refractivity contribution in [3.8, 4) is 0 Å². The van der Waals surface area contributed by atoms with Crippen LogP contribution in [0.5, 0.6) is 0 Å². The quantitative estimate of drug-likeness (QED) is 0.809. The monoisotopic (exact) mass is 317 g/mol. The molecule has 1 aromatic carbocycles. The Morgan fingerprint density at radius 2 is 1.96 bits per heavy atom. The fraction of sp³-hybridized carbons (Fsp3) is 0.412. The number of benzene rings is 1. The standard InChI is InChI=1S/C17H23N3O3/c1-17(2,3)23-16(22)20-14(15(21)18-4)9-11-10-19-13-8-6-5-7-12(11)13/h5-8,10,14,19H,9H2,1-4H3,(H,18,21)(H,20,22). The number of hydrogen-bond donors (Lipinski definition) is 3. The maximum Gasteiger partial charge on any atom is 0.408 e. The maximum absolute atomic E-state index is 12.1. The van der Waals surface area contributed by atoms with Crippen molar-refractivity contribution in [1.82, 2.24) is 15.6 Å². The van der Waals surface area contributed by atoms with Crippen LogP contribution in [0, 0.1) is 0 Å². The van der Waals surface area contributed by atoms with Gasteiger partial charge in [-0.15, -0.1) is 0 Å². The highest BCUT2D eigenvalue weighted by atomic mass is 16.6. The molecule has 0 aliphatic rings. The largest absolute Gasteiger partial charge is 0.444 e. The average Bonchev–Trinajstić information content (AvgIpc) is 2.87. The minimum atomic E-state index is -0.700. The zero-order chi connectivity index (χ0) is 17.0. The third-order valence-corrected chi connectivity index (χ3v) is 3.35. The number of rotatable bonds is 4. The van der Waals surface area contributed by atoms with E-state index in [1.807, 2.05) is 30.5 Å². The number of ether oxygens (including phenoxy) is 1. The highest BCUT2D eigenvalue weighted by Gasteiger charge is 2.24. The van der Waals surface area contributed by atoms with Gasteiger partial charge in [-0.25, -0.2) is 4.79 Å². The minimum absolute atomic E-state index is 0.263. The van der Waals surface area contributed by atoms with Crippen molar-refractivity contribution in [3.05, 3.63) is 36.0 Å². The number of likely N-dealkylation sites (N-methyl/N-ethyl adjacent to an activating group) is 1. The Kier molecular flexibility index (Phi) is 4.93. The van der Waals surface area contributed by atoms with Crippen molar-refractivity contribution in [2.24, 2.45) is 0 Å². The predicted molar refractivity (Wildman–Crippen MR) is 89.2 cm³/mol. The lowest BCUT2D eigenvalue weighted by atomic mass is 10.0. The van der Waals surface area contributed by atoms with Gasteiger partial charge in [0.25, 0.3) is 0 Å². The van der Waals surface area contributed by atoms with E-state index in [-0.39, 0.29) is 5.91 Å². The Bertz CT molecular complexity index is 700. The van der Waals surface area contributed by atoms with E-state index in [1.165, 1.54) is 0 Å². The van der Waals surface area contributed by atoms with Crippen LogP contribution in [0.1, 0.15) is 26.3 Å². The molecule has 1 aromatic heterocycles. The van der Waals surface area contributed by atoms with Crippen molar-refractivity contribution in [2.75, 3.05) is 7.05 Å².